The zero-order valence-corrected chi connectivity index (χ0v) is 10.6. The van der Waals surface area contributed by atoms with Crippen LogP contribution in [0.5, 0.6) is 0 Å². The predicted molar refractivity (Wildman–Crippen MR) is 66.4 cm³/mol. The molecule has 0 radical (unpaired) electrons. The molecule has 0 bridgehead atoms. The third-order valence-corrected chi connectivity index (χ3v) is 3.69. The Kier molecular flexibility index (Phi) is 7.01. The van der Waals surface area contributed by atoms with Crippen molar-refractivity contribution in [2.75, 3.05) is 26.2 Å². The number of nitrogens with zero attached hydrogens (tertiary/aromatic N) is 1. The minimum Gasteiger partial charge on any atom is -0.396 e. The molecule has 2 unspecified atom stereocenters. The van der Waals surface area contributed by atoms with Gasteiger partial charge in [0.1, 0.15) is 0 Å². The number of hydrogen-bond donors (Lipinski definition) is 2. The Labute approximate surface area is 99.5 Å². The Morgan fingerprint density at radius 1 is 1.19 bits per heavy atom. The molecule has 0 spiro atoms. The lowest BCUT2D eigenvalue weighted by molar-refractivity contribution is 0.0729. The minimum atomic E-state index is -0.106. The van der Waals surface area contributed by atoms with E-state index in [4.69, 9.17) is 5.11 Å². The highest BCUT2D eigenvalue weighted by molar-refractivity contribution is 4.76. The molecular weight excluding hydrogens is 202 g/mol. The molecule has 0 aromatic rings. The molecule has 0 aromatic heterocycles. The quantitative estimate of drug-likeness (QED) is 0.680. The van der Waals surface area contributed by atoms with Crippen LogP contribution in [0.25, 0.3) is 0 Å². The van der Waals surface area contributed by atoms with Gasteiger partial charge in [-0.3, -0.25) is 0 Å². The highest BCUT2D eigenvalue weighted by Crippen LogP contribution is 2.24. The number of aliphatic hydroxyl groups is 2. The highest BCUT2D eigenvalue weighted by atomic mass is 16.3. The first-order valence-corrected chi connectivity index (χ1v) is 6.79. The van der Waals surface area contributed by atoms with Gasteiger partial charge in [-0.15, -0.1) is 0 Å². The van der Waals surface area contributed by atoms with Crippen molar-refractivity contribution in [1.82, 2.24) is 4.90 Å². The standard InChI is InChI=1S/C13H27NO2/c1-2-14(9-6-10-15)11-12-7-4-3-5-8-13(12)16/h12-13,15-16H,2-11H2,1H3. The number of rotatable bonds is 6. The Morgan fingerprint density at radius 2 is 1.94 bits per heavy atom. The normalized spacial score (nSPS) is 27.0. The first-order valence-electron chi connectivity index (χ1n) is 6.79. The van der Waals surface area contributed by atoms with Gasteiger partial charge in [0.15, 0.2) is 0 Å². The van der Waals surface area contributed by atoms with Gasteiger partial charge in [-0.05, 0) is 31.7 Å². The largest absolute Gasteiger partial charge is 0.396 e. The minimum absolute atomic E-state index is 0.106. The molecule has 2 N–H and O–H groups in total. The van der Waals surface area contributed by atoms with E-state index in [9.17, 15) is 5.11 Å². The van der Waals surface area contributed by atoms with Crippen molar-refractivity contribution in [3.63, 3.8) is 0 Å². The van der Waals surface area contributed by atoms with Gasteiger partial charge in [0.2, 0.25) is 0 Å². The molecule has 3 nitrogen and oxygen atoms in total. The van der Waals surface area contributed by atoms with Crippen molar-refractivity contribution >= 4 is 0 Å². The second-order valence-electron chi connectivity index (χ2n) is 4.94. The first-order chi connectivity index (χ1) is 7.77. The van der Waals surface area contributed by atoms with E-state index >= 15 is 0 Å². The second kappa shape index (κ2) is 8.04. The van der Waals surface area contributed by atoms with Crippen LogP contribution in [0.1, 0.15) is 45.4 Å². The van der Waals surface area contributed by atoms with Crippen molar-refractivity contribution in [3.05, 3.63) is 0 Å². The van der Waals surface area contributed by atoms with Gasteiger partial charge in [-0.25, -0.2) is 0 Å². The van der Waals surface area contributed by atoms with Crippen LogP contribution < -0.4 is 0 Å². The average Bonchev–Trinajstić information content (AvgIpc) is 2.50. The summed E-state index contributed by atoms with van der Waals surface area (Å²) in [5.41, 5.74) is 0. The maximum atomic E-state index is 10.0. The first kappa shape index (κ1) is 13.9. The number of aliphatic hydroxyl groups excluding tert-OH is 2. The molecule has 1 aliphatic carbocycles. The molecule has 0 heterocycles. The molecule has 0 aliphatic heterocycles. The van der Waals surface area contributed by atoms with Crippen LogP contribution in [0.2, 0.25) is 0 Å². The SMILES string of the molecule is CCN(CCCO)CC1CCCCCC1O. The smallest absolute Gasteiger partial charge is 0.0580 e. The maximum absolute atomic E-state index is 10.0. The predicted octanol–water partition coefficient (Wildman–Crippen LogP) is 1.63. The van der Waals surface area contributed by atoms with Gasteiger partial charge in [-0.2, -0.15) is 0 Å². The van der Waals surface area contributed by atoms with Gasteiger partial charge >= 0.3 is 0 Å². The van der Waals surface area contributed by atoms with E-state index in [1.807, 2.05) is 0 Å². The summed E-state index contributed by atoms with van der Waals surface area (Å²) in [4.78, 5) is 2.36. The molecule has 0 saturated heterocycles. The van der Waals surface area contributed by atoms with Crippen LogP contribution in [-0.4, -0.2) is 47.5 Å². The summed E-state index contributed by atoms with van der Waals surface area (Å²) in [6.07, 6.45) is 6.59. The molecule has 3 heteroatoms. The van der Waals surface area contributed by atoms with Gasteiger partial charge in [-0.1, -0.05) is 26.2 Å². The van der Waals surface area contributed by atoms with Crippen LogP contribution in [0.3, 0.4) is 0 Å². The second-order valence-corrected chi connectivity index (χ2v) is 4.94. The summed E-state index contributed by atoms with van der Waals surface area (Å²) in [5, 5.41) is 18.9. The molecule has 96 valence electrons. The van der Waals surface area contributed by atoms with Crippen molar-refractivity contribution in [3.8, 4) is 0 Å². The fourth-order valence-corrected chi connectivity index (χ4v) is 2.58. The van der Waals surface area contributed by atoms with E-state index in [2.05, 4.69) is 11.8 Å². The van der Waals surface area contributed by atoms with Crippen molar-refractivity contribution in [2.45, 2.75) is 51.6 Å². The summed E-state index contributed by atoms with van der Waals surface area (Å²) in [5.74, 6) is 0.446. The average molecular weight is 229 g/mol. The van der Waals surface area contributed by atoms with E-state index in [0.717, 1.165) is 38.9 Å². The third kappa shape index (κ3) is 4.81. The molecule has 0 amide bonds. The van der Waals surface area contributed by atoms with Crippen LogP contribution in [0, 0.1) is 5.92 Å². The van der Waals surface area contributed by atoms with E-state index < -0.39 is 0 Å². The summed E-state index contributed by atoms with van der Waals surface area (Å²) in [6.45, 7) is 5.39. The molecular formula is C13H27NO2. The van der Waals surface area contributed by atoms with Gasteiger partial charge in [0.25, 0.3) is 0 Å². The Hall–Kier alpha value is -0.120. The molecule has 1 saturated carbocycles. The third-order valence-electron chi connectivity index (χ3n) is 3.69. The lowest BCUT2D eigenvalue weighted by Gasteiger charge is -2.28. The molecule has 1 aliphatic rings. The fraction of sp³-hybridized carbons (Fsp3) is 1.00. The van der Waals surface area contributed by atoms with Gasteiger partial charge < -0.3 is 15.1 Å². The zero-order valence-electron chi connectivity index (χ0n) is 10.6. The number of hydrogen-bond acceptors (Lipinski definition) is 3. The van der Waals surface area contributed by atoms with Crippen molar-refractivity contribution < 1.29 is 10.2 Å². The Morgan fingerprint density at radius 3 is 2.62 bits per heavy atom. The van der Waals surface area contributed by atoms with E-state index in [1.54, 1.807) is 0 Å². The lowest BCUT2D eigenvalue weighted by Crippen LogP contribution is -2.35. The lowest BCUT2D eigenvalue weighted by atomic mass is 9.96. The van der Waals surface area contributed by atoms with Crippen molar-refractivity contribution in [2.24, 2.45) is 5.92 Å². The Balaban J connectivity index is 2.35. The topological polar surface area (TPSA) is 43.7 Å². The Bertz CT molecular complexity index is 175. The molecule has 1 fully saturated rings. The van der Waals surface area contributed by atoms with E-state index in [-0.39, 0.29) is 12.7 Å². The monoisotopic (exact) mass is 229 g/mol. The van der Waals surface area contributed by atoms with Crippen LogP contribution in [0.4, 0.5) is 0 Å². The summed E-state index contributed by atoms with van der Waals surface area (Å²) in [6, 6.07) is 0. The molecule has 0 aromatic carbocycles. The fourth-order valence-electron chi connectivity index (χ4n) is 2.58. The molecule has 2 atom stereocenters. The summed E-state index contributed by atoms with van der Waals surface area (Å²) >= 11 is 0. The van der Waals surface area contributed by atoms with Crippen LogP contribution >= 0.6 is 0 Å². The van der Waals surface area contributed by atoms with E-state index in [1.165, 1.54) is 19.3 Å². The zero-order chi connectivity index (χ0) is 11.8. The van der Waals surface area contributed by atoms with E-state index in [0.29, 0.717) is 5.92 Å². The van der Waals surface area contributed by atoms with Crippen LogP contribution in [0.15, 0.2) is 0 Å². The maximum Gasteiger partial charge on any atom is 0.0580 e. The summed E-state index contributed by atoms with van der Waals surface area (Å²) < 4.78 is 0. The highest BCUT2D eigenvalue weighted by Gasteiger charge is 2.23. The van der Waals surface area contributed by atoms with Gasteiger partial charge in [0, 0.05) is 19.7 Å². The van der Waals surface area contributed by atoms with Crippen LogP contribution in [-0.2, 0) is 0 Å². The molecule has 1 rings (SSSR count). The van der Waals surface area contributed by atoms with Crippen molar-refractivity contribution in [1.29, 1.82) is 0 Å². The van der Waals surface area contributed by atoms with Gasteiger partial charge in [0.05, 0.1) is 6.10 Å². The summed E-state index contributed by atoms with van der Waals surface area (Å²) in [7, 11) is 0. The molecule has 16 heavy (non-hydrogen) atoms.